The second-order valence-electron chi connectivity index (χ2n) is 6.63. The molecule has 0 atom stereocenters. The number of nitro benzene ring substituents is 1. The number of carbonyl (C=O) groups is 1. The van der Waals surface area contributed by atoms with Crippen molar-refractivity contribution in [2.24, 2.45) is 5.41 Å². The molecular formula is C17H23N3O4. The highest BCUT2D eigenvalue weighted by atomic mass is 16.6. The van der Waals surface area contributed by atoms with Crippen molar-refractivity contribution in [1.82, 2.24) is 10.2 Å². The number of amides is 1. The molecule has 0 saturated carbocycles. The molecule has 7 nitrogen and oxygen atoms in total. The van der Waals surface area contributed by atoms with Gasteiger partial charge in [0.15, 0.2) is 5.75 Å². The van der Waals surface area contributed by atoms with Crippen LogP contribution in [0.25, 0.3) is 0 Å². The van der Waals surface area contributed by atoms with Crippen molar-refractivity contribution in [3.05, 3.63) is 34.4 Å². The number of hydrogen-bond acceptors (Lipinski definition) is 5. The molecule has 2 aliphatic rings. The molecule has 0 aromatic heterocycles. The van der Waals surface area contributed by atoms with Gasteiger partial charge in [0.25, 0.3) is 0 Å². The van der Waals surface area contributed by atoms with Crippen molar-refractivity contribution in [2.75, 3.05) is 32.8 Å². The summed E-state index contributed by atoms with van der Waals surface area (Å²) in [6.45, 7) is 3.90. The van der Waals surface area contributed by atoms with E-state index in [2.05, 4.69) is 5.32 Å². The number of benzene rings is 1. The Kier molecular flexibility index (Phi) is 4.99. The standard InChI is InChI=1S/C17H23N3O4/c21-16(19-10-7-17(8-11-19)6-9-18-13-17)5-12-24-15-4-2-1-3-14(15)20(22)23/h1-4,18H,5-13H2. The third kappa shape index (κ3) is 3.67. The van der Waals surface area contributed by atoms with Crippen LogP contribution in [0.5, 0.6) is 5.75 Å². The summed E-state index contributed by atoms with van der Waals surface area (Å²) in [4.78, 5) is 24.7. The molecule has 7 heteroatoms. The number of ether oxygens (including phenoxy) is 1. The Morgan fingerprint density at radius 1 is 1.29 bits per heavy atom. The summed E-state index contributed by atoms with van der Waals surface area (Å²) < 4.78 is 5.45. The third-order valence-electron chi connectivity index (χ3n) is 5.14. The fourth-order valence-electron chi connectivity index (χ4n) is 3.59. The highest BCUT2D eigenvalue weighted by Crippen LogP contribution is 2.37. The van der Waals surface area contributed by atoms with E-state index >= 15 is 0 Å². The summed E-state index contributed by atoms with van der Waals surface area (Å²) in [6.07, 6.45) is 3.56. The van der Waals surface area contributed by atoms with E-state index in [1.54, 1.807) is 18.2 Å². The molecular weight excluding hydrogens is 310 g/mol. The maximum Gasteiger partial charge on any atom is 0.310 e. The lowest BCUT2D eigenvalue weighted by Gasteiger charge is -2.38. The number of piperidine rings is 1. The Labute approximate surface area is 141 Å². The molecule has 0 bridgehead atoms. The van der Waals surface area contributed by atoms with E-state index in [1.807, 2.05) is 4.90 Å². The first-order chi connectivity index (χ1) is 11.6. The van der Waals surface area contributed by atoms with Gasteiger partial charge in [-0.1, -0.05) is 12.1 Å². The van der Waals surface area contributed by atoms with E-state index in [1.165, 1.54) is 12.5 Å². The Balaban J connectivity index is 1.46. The van der Waals surface area contributed by atoms with Crippen LogP contribution < -0.4 is 10.1 Å². The summed E-state index contributed by atoms with van der Waals surface area (Å²) in [5.74, 6) is 0.277. The van der Waals surface area contributed by atoms with Gasteiger partial charge in [-0.2, -0.15) is 0 Å². The van der Waals surface area contributed by atoms with E-state index in [-0.39, 0.29) is 30.4 Å². The smallest absolute Gasteiger partial charge is 0.310 e. The summed E-state index contributed by atoms with van der Waals surface area (Å²) in [5, 5.41) is 14.3. The number of carbonyl (C=O) groups excluding carboxylic acids is 1. The highest BCUT2D eigenvalue weighted by Gasteiger charge is 2.37. The SMILES string of the molecule is O=C(CCOc1ccccc1[N+](=O)[O-])N1CCC2(CCNC2)CC1. The molecule has 0 aliphatic carbocycles. The van der Waals surface area contributed by atoms with Crippen LogP contribution in [-0.2, 0) is 4.79 Å². The fourth-order valence-corrected chi connectivity index (χ4v) is 3.59. The number of para-hydroxylation sites is 2. The van der Waals surface area contributed by atoms with Crippen molar-refractivity contribution in [3.8, 4) is 5.75 Å². The van der Waals surface area contributed by atoms with Gasteiger partial charge in [0.1, 0.15) is 0 Å². The lowest BCUT2D eigenvalue weighted by Crippen LogP contribution is -2.44. The molecule has 2 heterocycles. The van der Waals surface area contributed by atoms with Gasteiger partial charge >= 0.3 is 5.69 Å². The first-order valence-electron chi connectivity index (χ1n) is 8.44. The second-order valence-corrected chi connectivity index (χ2v) is 6.63. The van der Waals surface area contributed by atoms with Gasteiger partial charge in [-0.3, -0.25) is 14.9 Å². The lowest BCUT2D eigenvalue weighted by atomic mass is 9.78. The molecule has 2 fully saturated rings. The van der Waals surface area contributed by atoms with Gasteiger partial charge in [-0.05, 0) is 37.3 Å². The van der Waals surface area contributed by atoms with Crippen LogP contribution in [0.15, 0.2) is 24.3 Å². The van der Waals surface area contributed by atoms with Crippen LogP contribution in [0.4, 0.5) is 5.69 Å². The zero-order valence-electron chi connectivity index (χ0n) is 13.7. The molecule has 2 aliphatic heterocycles. The predicted molar refractivity (Wildman–Crippen MR) is 88.9 cm³/mol. The van der Waals surface area contributed by atoms with Gasteiger partial charge in [-0.15, -0.1) is 0 Å². The maximum absolute atomic E-state index is 12.3. The van der Waals surface area contributed by atoms with Crippen molar-refractivity contribution >= 4 is 11.6 Å². The molecule has 3 rings (SSSR count). The van der Waals surface area contributed by atoms with Crippen molar-refractivity contribution in [1.29, 1.82) is 0 Å². The van der Waals surface area contributed by atoms with Gasteiger partial charge < -0.3 is 15.0 Å². The molecule has 1 aromatic rings. The number of nitrogens with zero attached hydrogens (tertiary/aromatic N) is 2. The zero-order chi connectivity index (χ0) is 17.0. The van der Waals surface area contributed by atoms with E-state index in [0.717, 1.165) is 39.0 Å². The van der Waals surface area contributed by atoms with Crippen LogP contribution in [0.1, 0.15) is 25.7 Å². The fraction of sp³-hybridized carbons (Fsp3) is 0.588. The lowest BCUT2D eigenvalue weighted by molar-refractivity contribution is -0.385. The monoisotopic (exact) mass is 333 g/mol. The number of nitrogens with one attached hydrogen (secondary N) is 1. The summed E-state index contributed by atoms with van der Waals surface area (Å²) in [7, 11) is 0. The Bertz CT molecular complexity index is 604. The minimum Gasteiger partial charge on any atom is -0.486 e. The Morgan fingerprint density at radius 2 is 2.04 bits per heavy atom. The van der Waals surface area contributed by atoms with Gasteiger partial charge in [0, 0.05) is 25.7 Å². The molecule has 130 valence electrons. The van der Waals surface area contributed by atoms with Crippen LogP contribution in [-0.4, -0.2) is 48.5 Å². The first kappa shape index (κ1) is 16.7. The average Bonchev–Trinajstić information content (AvgIpc) is 3.04. The summed E-state index contributed by atoms with van der Waals surface area (Å²) in [6, 6.07) is 6.23. The van der Waals surface area contributed by atoms with Crippen molar-refractivity contribution in [2.45, 2.75) is 25.7 Å². The summed E-state index contributed by atoms with van der Waals surface area (Å²) in [5.41, 5.74) is 0.316. The predicted octanol–water partition coefficient (Wildman–Crippen LogP) is 1.97. The number of hydrogen-bond donors (Lipinski definition) is 1. The molecule has 2 saturated heterocycles. The largest absolute Gasteiger partial charge is 0.486 e. The molecule has 0 unspecified atom stereocenters. The van der Waals surface area contributed by atoms with Crippen molar-refractivity contribution in [3.63, 3.8) is 0 Å². The van der Waals surface area contributed by atoms with E-state index in [4.69, 9.17) is 4.74 Å². The summed E-state index contributed by atoms with van der Waals surface area (Å²) >= 11 is 0. The number of rotatable bonds is 5. The molecule has 0 radical (unpaired) electrons. The number of nitro groups is 1. The highest BCUT2D eigenvalue weighted by molar-refractivity contribution is 5.76. The first-order valence-corrected chi connectivity index (χ1v) is 8.44. The average molecular weight is 333 g/mol. The van der Waals surface area contributed by atoms with Gasteiger partial charge in [0.2, 0.25) is 5.91 Å². The molecule has 1 spiro atoms. The second kappa shape index (κ2) is 7.17. The van der Waals surface area contributed by atoms with Gasteiger partial charge in [0.05, 0.1) is 18.0 Å². The quantitative estimate of drug-likeness (QED) is 0.658. The molecule has 24 heavy (non-hydrogen) atoms. The maximum atomic E-state index is 12.3. The third-order valence-corrected chi connectivity index (χ3v) is 5.14. The van der Waals surface area contributed by atoms with Crippen LogP contribution >= 0.6 is 0 Å². The number of likely N-dealkylation sites (tertiary alicyclic amines) is 1. The Morgan fingerprint density at radius 3 is 2.71 bits per heavy atom. The Hall–Kier alpha value is -2.15. The van der Waals surface area contributed by atoms with Crippen LogP contribution in [0.3, 0.4) is 0 Å². The van der Waals surface area contributed by atoms with Gasteiger partial charge in [-0.25, -0.2) is 0 Å². The zero-order valence-corrected chi connectivity index (χ0v) is 13.7. The van der Waals surface area contributed by atoms with Crippen LogP contribution in [0.2, 0.25) is 0 Å². The topological polar surface area (TPSA) is 84.7 Å². The van der Waals surface area contributed by atoms with E-state index in [9.17, 15) is 14.9 Å². The normalized spacial score (nSPS) is 19.4. The van der Waals surface area contributed by atoms with E-state index < -0.39 is 4.92 Å². The van der Waals surface area contributed by atoms with Crippen LogP contribution in [0, 0.1) is 15.5 Å². The van der Waals surface area contributed by atoms with E-state index in [0.29, 0.717) is 5.41 Å². The van der Waals surface area contributed by atoms with Crippen molar-refractivity contribution < 1.29 is 14.5 Å². The molecule has 1 aromatic carbocycles. The minimum absolute atomic E-state index is 0.0643. The molecule has 1 N–H and O–H groups in total. The minimum atomic E-state index is -0.475. The molecule has 1 amide bonds.